The van der Waals surface area contributed by atoms with E-state index in [0.29, 0.717) is 16.7 Å². The Labute approximate surface area is 115 Å². The van der Waals surface area contributed by atoms with Crippen LogP contribution < -0.4 is 0 Å². The number of benzene rings is 2. The van der Waals surface area contributed by atoms with Crippen molar-refractivity contribution < 1.29 is 14.8 Å². The molecule has 5 heteroatoms. The fourth-order valence-electron chi connectivity index (χ4n) is 2.01. The molecule has 0 bridgehead atoms. The average Bonchev–Trinajstić information content (AvgIpc) is 2.43. The molecule has 0 unspecified atom stereocenters. The van der Waals surface area contributed by atoms with Gasteiger partial charge in [-0.1, -0.05) is 12.1 Å². The molecule has 0 saturated carbocycles. The van der Waals surface area contributed by atoms with Gasteiger partial charge in [0, 0.05) is 23.3 Å². The largest absolute Gasteiger partial charge is 0.507 e. The first-order valence-corrected chi connectivity index (χ1v) is 5.99. The number of aryl methyl sites for hydroxylation is 2. The maximum Gasteiger partial charge on any atom is 0.270 e. The van der Waals surface area contributed by atoms with Gasteiger partial charge in [0.15, 0.2) is 5.78 Å². The summed E-state index contributed by atoms with van der Waals surface area (Å²) in [5.74, 6) is -0.152. The lowest BCUT2D eigenvalue weighted by atomic mass is 9.98. The number of ketones is 1. The van der Waals surface area contributed by atoms with Gasteiger partial charge >= 0.3 is 0 Å². The Morgan fingerprint density at radius 1 is 1.10 bits per heavy atom. The monoisotopic (exact) mass is 271 g/mol. The van der Waals surface area contributed by atoms with Crippen molar-refractivity contribution in [2.45, 2.75) is 13.8 Å². The summed E-state index contributed by atoms with van der Waals surface area (Å²) >= 11 is 0. The number of carbonyl (C=O) groups is 1. The number of hydrogen-bond acceptors (Lipinski definition) is 4. The predicted octanol–water partition coefficient (Wildman–Crippen LogP) is 3.15. The van der Waals surface area contributed by atoms with E-state index in [1.54, 1.807) is 26.0 Å². The number of nitro benzene ring substituents is 1. The average molecular weight is 271 g/mol. The normalized spacial score (nSPS) is 10.3. The van der Waals surface area contributed by atoms with Crippen molar-refractivity contribution in [2.75, 3.05) is 0 Å². The summed E-state index contributed by atoms with van der Waals surface area (Å²) in [6, 6.07) is 8.75. The van der Waals surface area contributed by atoms with Gasteiger partial charge in [-0.3, -0.25) is 14.9 Å². The van der Waals surface area contributed by atoms with Crippen LogP contribution in [0, 0.1) is 24.0 Å². The number of carbonyl (C=O) groups excluding carboxylic acids is 1. The van der Waals surface area contributed by atoms with Gasteiger partial charge in [-0.25, -0.2) is 0 Å². The second kappa shape index (κ2) is 5.13. The van der Waals surface area contributed by atoms with Crippen LogP contribution in [0.1, 0.15) is 27.0 Å². The van der Waals surface area contributed by atoms with Crippen molar-refractivity contribution >= 4 is 11.5 Å². The summed E-state index contributed by atoms with van der Waals surface area (Å²) in [5, 5.41) is 20.4. The van der Waals surface area contributed by atoms with Gasteiger partial charge in [0.1, 0.15) is 5.75 Å². The van der Waals surface area contributed by atoms with Gasteiger partial charge in [0.2, 0.25) is 0 Å². The van der Waals surface area contributed by atoms with Gasteiger partial charge < -0.3 is 5.11 Å². The zero-order valence-electron chi connectivity index (χ0n) is 11.1. The van der Waals surface area contributed by atoms with Crippen LogP contribution in [-0.4, -0.2) is 15.8 Å². The van der Waals surface area contributed by atoms with E-state index < -0.39 is 4.92 Å². The lowest BCUT2D eigenvalue weighted by molar-refractivity contribution is -0.384. The molecule has 2 rings (SSSR count). The second-order valence-corrected chi connectivity index (χ2v) is 4.60. The maximum atomic E-state index is 12.3. The Bertz CT molecular complexity index is 684. The van der Waals surface area contributed by atoms with Crippen LogP contribution in [-0.2, 0) is 0 Å². The molecule has 0 aliphatic heterocycles. The molecule has 0 amide bonds. The lowest BCUT2D eigenvalue weighted by Gasteiger charge is -2.07. The number of non-ortho nitro benzene ring substituents is 1. The number of aromatic hydroxyl groups is 1. The number of nitrogens with zero attached hydrogens (tertiary/aromatic N) is 1. The molecular weight excluding hydrogens is 258 g/mol. The van der Waals surface area contributed by atoms with Gasteiger partial charge in [0.05, 0.1) is 4.92 Å². The Hall–Kier alpha value is -2.69. The Morgan fingerprint density at radius 3 is 2.25 bits per heavy atom. The quantitative estimate of drug-likeness (QED) is 0.528. The molecule has 0 aliphatic rings. The van der Waals surface area contributed by atoms with E-state index >= 15 is 0 Å². The van der Waals surface area contributed by atoms with Gasteiger partial charge in [-0.2, -0.15) is 0 Å². The number of rotatable bonds is 3. The summed E-state index contributed by atoms with van der Waals surface area (Å²) in [6.07, 6.45) is 0. The summed E-state index contributed by atoms with van der Waals surface area (Å²) in [5.41, 5.74) is 1.72. The molecule has 0 fully saturated rings. The smallest absolute Gasteiger partial charge is 0.270 e. The van der Waals surface area contributed by atoms with Crippen LogP contribution >= 0.6 is 0 Å². The van der Waals surface area contributed by atoms with E-state index in [1.807, 2.05) is 0 Å². The van der Waals surface area contributed by atoms with Gasteiger partial charge in [-0.05, 0) is 37.1 Å². The number of phenols is 1. The van der Waals surface area contributed by atoms with Crippen molar-refractivity contribution in [3.63, 3.8) is 0 Å². The second-order valence-electron chi connectivity index (χ2n) is 4.60. The molecule has 0 heterocycles. The van der Waals surface area contributed by atoms with E-state index in [-0.39, 0.29) is 22.8 Å². The van der Waals surface area contributed by atoms with E-state index in [9.17, 15) is 20.0 Å². The number of phenolic OH excluding ortho intramolecular Hbond substituents is 1. The minimum atomic E-state index is -0.538. The molecule has 102 valence electrons. The summed E-state index contributed by atoms with van der Waals surface area (Å²) in [4.78, 5) is 22.5. The Morgan fingerprint density at radius 2 is 1.70 bits per heavy atom. The lowest BCUT2D eigenvalue weighted by Crippen LogP contribution is -2.03. The molecule has 0 aliphatic carbocycles. The van der Waals surface area contributed by atoms with Crippen LogP contribution in [0.4, 0.5) is 5.69 Å². The zero-order valence-corrected chi connectivity index (χ0v) is 11.1. The van der Waals surface area contributed by atoms with Crippen LogP contribution in [0.15, 0.2) is 36.4 Å². The molecule has 0 saturated heterocycles. The molecule has 20 heavy (non-hydrogen) atoms. The molecule has 0 aromatic heterocycles. The zero-order chi connectivity index (χ0) is 14.9. The van der Waals surface area contributed by atoms with E-state index in [1.165, 1.54) is 24.3 Å². The first-order chi connectivity index (χ1) is 9.40. The highest BCUT2D eigenvalue weighted by atomic mass is 16.6. The molecule has 0 radical (unpaired) electrons. The standard InChI is InChI=1S/C15H13NO4/c1-9-6-12(7-10(2)14(9)17)15(18)11-4-3-5-13(8-11)16(19)20/h3-8,17H,1-2H3. The number of hydrogen-bond donors (Lipinski definition) is 1. The Kier molecular flexibility index (Phi) is 3.52. The fraction of sp³-hybridized carbons (Fsp3) is 0.133. The van der Waals surface area contributed by atoms with Crippen molar-refractivity contribution in [2.24, 2.45) is 0 Å². The molecule has 1 N–H and O–H groups in total. The van der Waals surface area contributed by atoms with Gasteiger partial charge in [0.25, 0.3) is 5.69 Å². The topological polar surface area (TPSA) is 80.4 Å². The SMILES string of the molecule is Cc1cc(C(=O)c2cccc([N+](=O)[O-])c2)cc(C)c1O. The maximum absolute atomic E-state index is 12.3. The highest BCUT2D eigenvalue weighted by Gasteiger charge is 2.15. The third kappa shape index (κ3) is 2.51. The third-order valence-electron chi connectivity index (χ3n) is 3.07. The fourth-order valence-corrected chi connectivity index (χ4v) is 2.01. The first-order valence-electron chi connectivity index (χ1n) is 5.99. The number of nitro groups is 1. The summed E-state index contributed by atoms with van der Waals surface area (Å²) in [7, 11) is 0. The first kappa shape index (κ1) is 13.7. The molecule has 0 atom stereocenters. The highest BCUT2D eigenvalue weighted by Crippen LogP contribution is 2.25. The van der Waals surface area contributed by atoms with Crippen molar-refractivity contribution in [3.05, 3.63) is 68.8 Å². The van der Waals surface area contributed by atoms with Crippen molar-refractivity contribution in [1.82, 2.24) is 0 Å². The molecule has 5 nitrogen and oxygen atoms in total. The molecular formula is C15H13NO4. The van der Waals surface area contributed by atoms with E-state index in [4.69, 9.17) is 0 Å². The van der Waals surface area contributed by atoms with Crippen LogP contribution in [0.5, 0.6) is 5.75 Å². The molecule has 0 spiro atoms. The van der Waals surface area contributed by atoms with E-state index in [2.05, 4.69) is 0 Å². The summed E-state index contributed by atoms with van der Waals surface area (Å²) in [6.45, 7) is 3.40. The third-order valence-corrected chi connectivity index (χ3v) is 3.07. The molecule has 2 aromatic carbocycles. The van der Waals surface area contributed by atoms with Crippen LogP contribution in [0.25, 0.3) is 0 Å². The highest BCUT2D eigenvalue weighted by molar-refractivity contribution is 6.09. The van der Waals surface area contributed by atoms with Crippen molar-refractivity contribution in [1.29, 1.82) is 0 Å². The minimum absolute atomic E-state index is 0.122. The van der Waals surface area contributed by atoms with E-state index in [0.717, 1.165) is 0 Å². The van der Waals surface area contributed by atoms with Crippen molar-refractivity contribution in [3.8, 4) is 5.75 Å². The summed E-state index contributed by atoms with van der Waals surface area (Å²) < 4.78 is 0. The van der Waals surface area contributed by atoms with Crippen LogP contribution in [0.2, 0.25) is 0 Å². The minimum Gasteiger partial charge on any atom is -0.507 e. The molecule has 2 aromatic rings. The van der Waals surface area contributed by atoms with Gasteiger partial charge in [-0.15, -0.1) is 0 Å². The predicted molar refractivity (Wildman–Crippen MR) is 74.1 cm³/mol. The van der Waals surface area contributed by atoms with Crippen LogP contribution in [0.3, 0.4) is 0 Å². The Balaban J connectivity index is 2.46.